The van der Waals surface area contributed by atoms with E-state index in [-0.39, 0.29) is 17.4 Å². The molecule has 1 saturated heterocycles. The zero-order valence-electron chi connectivity index (χ0n) is 20.1. The van der Waals surface area contributed by atoms with E-state index in [1.54, 1.807) is 6.20 Å². The third kappa shape index (κ3) is 3.25. The molecule has 0 bridgehead atoms. The van der Waals surface area contributed by atoms with Gasteiger partial charge >= 0.3 is 0 Å². The number of nitrogens with one attached hydrogen (secondary N) is 1. The average molecular weight is 487 g/mol. The molecule has 1 amide bonds. The first kappa shape index (κ1) is 22.0. The van der Waals surface area contributed by atoms with E-state index >= 15 is 0 Å². The molecule has 6 rings (SSSR count). The van der Waals surface area contributed by atoms with Crippen LogP contribution in [-0.4, -0.2) is 48.9 Å². The van der Waals surface area contributed by atoms with Crippen LogP contribution in [-0.2, 0) is 4.79 Å². The first-order valence-corrected chi connectivity index (χ1v) is 12.2. The summed E-state index contributed by atoms with van der Waals surface area (Å²) in [5.74, 6) is 0.0178. The van der Waals surface area contributed by atoms with Crippen molar-refractivity contribution < 1.29 is 4.79 Å². The molecule has 4 heterocycles. The quantitative estimate of drug-likeness (QED) is 0.391. The Morgan fingerprint density at radius 2 is 2.03 bits per heavy atom. The van der Waals surface area contributed by atoms with Gasteiger partial charge in [0.05, 0.1) is 22.8 Å². The number of pyridine rings is 1. The van der Waals surface area contributed by atoms with E-state index in [9.17, 15) is 4.79 Å². The maximum Gasteiger partial charge on any atom is 0.245 e. The number of likely N-dealkylation sites (tertiary alicyclic amines) is 1. The number of fused-ring (bicyclic) bond motifs is 1. The van der Waals surface area contributed by atoms with E-state index in [0.717, 1.165) is 76.2 Å². The molecule has 7 nitrogen and oxygen atoms in total. The molecule has 0 atom stereocenters. The van der Waals surface area contributed by atoms with Crippen molar-refractivity contribution in [3.63, 3.8) is 0 Å². The Morgan fingerprint density at radius 1 is 1.26 bits per heavy atom. The second-order valence-corrected chi connectivity index (χ2v) is 10.4. The van der Waals surface area contributed by atoms with Crippen molar-refractivity contribution in [1.82, 2.24) is 29.9 Å². The molecule has 1 saturated carbocycles. The maximum absolute atomic E-state index is 11.9. The second-order valence-electron chi connectivity index (χ2n) is 10.1. The first-order chi connectivity index (χ1) is 16.8. The molecular formula is C27H27ClN6O. The Hall–Kier alpha value is -3.45. The van der Waals surface area contributed by atoms with Gasteiger partial charge in [-0.3, -0.25) is 19.6 Å². The molecule has 35 heavy (non-hydrogen) atoms. The molecule has 1 N–H and O–H groups in total. The highest BCUT2D eigenvalue weighted by Gasteiger charge is 2.54. The van der Waals surface area contributed by atoms with Crippen LogP contribution in [0.15, 0.2) is 43.2 Å². The highest BCUT2D eigenvalue weighted by atomic mass is 35.5. The van der Waals surface area contributed by atoms with Gasteiger partial charge in [0.15, 0.2) is 0 Å². The largest absolute Gasteiger partial charge is 0.338 e. The summed E-state index contributed by atoms with van der Waals surface area (Å²) in [6.07, 6.45) is 7.05. The van der Waals surface area contributed by atoms with Crippen molar-refractivity contribution in [3.05, 3.63) is 65.2 Å². The molecule has 3 aromatic heterocycles. The van der Waals surface area contributed by atoms with Crippen LogP contribution in [0.3, 0.4) is 0 Å². The van der Waals surface area contributed by atoms with E-state index in [1.165, 1.54) is 6.08 Å². The molecule has 178 valence electrons. The number of H-pyrrole nitrogens is 1. The van der Waals surface area contributed by atoms with Crippen LogP contribution in [0.2, 0.25) is 5.02 Å². The maximum atomic E-state index is 11.9. The Balaban J connectivity index is 1.47. The number of hydrogen-bond acceptors (Lipinski definition) is 4. The Bertz CT molecular complexity index is 1500. The van der Waals surface area contributed by atoms with Crippen molar-refractivity contribution >= 4 is 28.4 Å². The SMILES string of the molecule is C=CC(=O)N1CC2(CC(n3nc(-c4cccnc4C)c(-c4c(Cl)c(C)cc5[nH]ncc45)c3C)C2)C1. The summed E-state index contributed by atoms with van der Waals surface area (Å²) in [4.78, 5) is 18.3. The van der Waals surface area contributed by atoms with Crippen molar-refractivity contribution in [3.8, 4) is 22.4 Å². The number of carbonyl (C=O) groups excluding carboxylic acids is 1. The van der Waals surface area contributed by atoms with Gasteiger partial charge < -0.3 is 4.90 Å². The van der Waals surface area contributed by atoms with Gasteiger partial charge in [-0.25, -0.2) is 0 Å². The number of nitrogens with zero attached hydrogens (tertiary/aromatic N) is 5. The molecule has 1 spiro atoms. The molecule has 0 radical (unpaired) electrons. The van der Waals surface area contributed by atoms with Gasteiger partial charge in [0, 0.05) is 58.2 Å². The van der Waals surface area contributed by atoms with Gasteiger partial charge in [-0.2, -0.15) is 10.2 Å². The van der Waals surface area contributed by atoms with Gasteiger partial charge in [0.1, 0.15) is 5.69 Å². The molecule has 0 unspecified atom stereocenters. The van der Waals surface area contributed by atoms with Crippen molar-refractivity contribution in [1.29, 1.82) is 0 Å². The zero-order valence-corrected chi connectivity index (χ0v) is 20.9. The summed E-state index contributed by atoms with van der Waals surface area (Å²) in [7, 11) is 0. The highest BCUT2D eigenvalue weighted by molar-refractivity contribution is 6.36. The molecule has 8 heteroatoms. The van der Waals surface area contributed by atoms with Crippen LogP contribution >= 0.6 is 11.6 Å². The number of halogens is 1. The smallest absolute Gasteiger partial charge is 0.245 e. The lowest BCUT2D eigenvalue weighted by Gasteiger charge is -2.58. The summed E-state index contributed by atoms with van der Waals surface area (Å²) in [6, 6.07) is 6.33. The topological polar surface area (TPSA) is 79.7 Å². The number of rotatable bonds is 4. The second kappa shape index (κ2) is 7.78. The normalized spacial score (nSPS) is 17.0. The Morgan fingerprint density at radius 3 is 2.74 bits per heavy atom. The molecule has 2 aliphatic rings. The van der Waals surface area contributed by atoms with E-state index in [1.807, 2.05) is 37.1 Å². The van der Waals surface area contributed by atoms with Crippen LogP contribution in [0.5, 0.6) is 0 Å². The van der Waals surface area contributed by atoms with Crippen LogP contribution in [0.4, 0.5) is 0 Å². The fourth-order valence-electron chi connectivity index (χ4n) is 5.96. The number of amides is 1. The molecule has 1 aliphatic carbocycles. The lowest BCUT2D eigenvalue weighted by atomic mass is 9.60. The predicted molar refractivity (Wildman–Crippen MR) is 137 cm³/mol. The summed E-state index contributed by atoms with van der Waals surface area (Å²) >= 11 is 6.97. The number of aryl methyl sites for hydroxylation is 2. The van der Waals surface area contributed by atoms with E-state index < -0.39 is 0 Å². The Labute approximate surface area is 208 Å². The van der Waals surface area contributed by atoms with Crippen LogP contribution in [0, 0.1) is 26.2 Å². The third-order valence-corrected chi connectivity index (χ3v) is 8.24. The van der Waals surface area contributed by atoms with Crippen molar-refractivity contribution in [2.24, 2.45) is 5.41 Å². The van der Waals surface area contributed by atoms with Crippen LogP contribution in [0.1, 0.15) is 35.8 Å². The summed E-state index contributed by atoms with van der Waals surface area (Å²) in [5.41, 5.74) is 8.02. The fraction of sp³-hybridized carbons (Fsp3) is 0.333. The van der Waals surface area contributed by atoms with Gasteiger partial charge in [0.2, 0.25) is 5.91 Å². The standard InChI is InChI=1S/C27H27ClN6O/c1-5-22(35)33-13-27(14-33)10-18(11-27)34-17(4)23(26(32-34)19-7-6-8-29-16(19)3)24-20-12-30-31-21(20)9-15(2)25(24)28/h5-9,12,18H,1,10-11,13-14H2,2-4H3,(H,30,31). The predicted octanol–water partition coefficient (Wildman–Crippen LogP) is 5.42. The third-order valence-electron chi connectivity index (χ3n) is 7.75. The number of carbonyl (C=O) groups is 1. The lowest BCUT2D eigenvalue weighted by Crippen LogP contribution is -2.63. The zero-order chi connectivity index (χ0) is 24.5. The fourth-order valence-corrected chi connectivity index (χ4v) is 6.21. The molecule has 2 fully saturated rings. The first-order valence-electron chi connectivity index (χ1n) is 11.9. The number of hydrogen-bond donors (Lipinski definition) is 1. The highest BCUT2D eigenvalue weighted by Crippen LogP contribution is 2.55. The minimum Gasteiger partial charge on any atom is -0.338 e. The molecule has 1 aliphatic heterocycles. The van der Waals surface area contributed by atoms with E-state index in [2.05, 4.69) is 39.4 Å². The minimum atomic E-state index is 0.0178. The van der Waals surface area contributed by atoms with Crippen LogP contribution in [0.25, 0.3) is 33.3 Å². The number of benzene rings is 1. The Kier molecular flexibility index (Phi) is 4.90. The van der Waals surface area contributed by atoms with Crippen molar-refractivity contribution in [2.45, 2.75) is 39.7 Å². The van der Waals surface area contributed by atoms with Gasteiger partial charge in [-0.15, -0.1) is 0 Å². The van der Waals surface area contributed by atoms with E-state index in [0.29, 0.717) is 5.02 Å². The average Bonchev–Trinajstić information content (AvgIpc) is 3.38. The molecule has 4 aromatic rings. The van der Waals surface area contributed by atoms with Gasteiger partial charge in [-0.1, -0.05) is 18.2 Å². The lowest BCUT2D eigenvalue weighted by molar-refractivity contribution is -0.149. The molecular weight excluding hydrogens is 460 g/mol. The van der Waals surface area contributed by atoms with Gasteiger partial charge in [0.25, 0.3) is 0 Å². The van der Waals surface area contributed by atoms with Crippen molar-refractivity contribution in [2.75, 3.05) is 13.1 Å². The van der Waals surface area contributed by atoms with Crippen LogP contribution < -0.4 is 0 Å². The summed E-state index contributed by atoms with van der Waals surface area (Å²) in [6.45, 7) is 11.4. The summed E-state index contributed by atoms with van der Waals surface area (Å²) in [5, 5.41) is 14.3. The summed E-state index contributed by atoms with van der Waals surface area (Å²) < 4.78 is 2.17. The van der Waals surface area contributed by atoms with E-state index in [4.69, 9.17) is 16.7 Å². The minimum absolute atomic E-state index is 0.0178. The number of aromatic amines is 1. The molecule has 1 aromatic carbocycles. The monoisotopic (exact) mass is 486 g/mol. The number of aromatic nitrogens is 5. The van der Waals surface area contributed by atoms with Gasteiger partial charge in [-0.05, 0) is 63.5 Å².